The molecular weight excluding hydrogens is 332 g/mol. The Kier molecular flexibility index (Phi) is 5.86. The zero-order valence-electron chi connectivity index (χ0n) is 14.4. The maximum absolute atomic E-state index is 12.2. The molecule has 0 radical (unpaired) electrons. The van der Waals surface area contributed by atoms with Crippen LogP contribution < -0.4 is 10.1 Å². The maximum Gasteiger partial charge on any atom is 0.251 e. The molecule has 1 aliphatic heterocycles. The molecule has 26 heavy (non-hydrogen) atoms. The Morgan fingerprint density at radius 1 is 1.08 bits per heavy atom. The first-order chi connectivity index (χ1) is 12.6. The second kappa shape index (κ2) is 8.49. The van der Waals surface area contributed by atoms with Gasteiger partial charge in [-0.1, -0.05) is 18.2 Å². The number of nitrogens with zero attached hydrogens (tertiary/aromatic N) is 1. The second-order valence-corrected chi connectivity index (χ2v) is 6.26. The van der Waals surface area contributed by atoms with Gasteiger partial charge >= 0.3 is 0 Å². The lowest BCUT2D eigenvalue weighted by molar-refractivity contribution is -0.133. The summed E-state index contributed by atoms with van der Waals surface area (Å²) < 4.78 is 5.68. The van der Waals surface area contributed by atoms with Gasteiger partial charge in [0.1, 0.15) is 11.5 Å². The number of aliphatic hydroxyl groups excluding tert-OH is 1. The van der Waals surface area contributed by atoms with Gasteiger partial charge in [-0.15, -0.1) is 0 Å². The highest BCUT2D eigenvalue weighted by atomic mass is 16.5. The van der Waals surface area contributed by atoms with E-state index >= 15 is 0 Å². The molecule has 1 atom stereocenters. The fourth-order valence-corrected chi connectivity index (χ4v) is 2.85. The largest absolute Gasteiger partial charge is 0.457 e. The van der Waals surface area contributed by atoms with Crippen molar-refractivity contribution in [3.05, 3.63) is 60.2 Å². The lowest BCUT2D eigenvalue weighted by atomic mass is 10.1. The number of benzene rings is 2. The van der Waals surface area contributed by atoms with Gasteiger partial charge in [-0.2, -0.15) is 0 Å². The Morgan fingerprint density at radius 2 is 1.77 bits per heavy atom. The molecule has 2 aromatic rings. The minimum Gasteiger partial charge on any atom is -0.457 e. The minimum absolute atomic E-state index is 0.0756. The van der Waals surface area contributed by atoms with Crippen molar-refractivity contribution in [2.75, 3.05) is 19.6 Å². The zero-order valence-corrected chi connectivity index (χ0v) is 14.4. The van der Waals surface area contributed by atoms with Crippen LogP contribution in [0.25, 0.3) is 0 Å². The fraction of sp³-hybridized carbons (Fsp3) is 0.300. The number of ether oxygens (including phenoxy) is 1. The van der Waals surface area contributed by atoms with Crippen molar-refractivity contribution in [1.29, 1.82) is 0 Å². The number of nitrogens with one attached hydrogen (secondary N) is 1. The summed E-state index contributed by atoms with van der Waals surface area (Å²) in [4.78, 5) is 25.9. The molecule has 2 aromatic carbocycles. The molecule has 0 aromatic heterocycles. The Hall–Kier alpha value is -2.86. The summed E-state index contributed by atoms with van der Waals surface area (Å²) in [6.45, 7) is 0.880. The molecule has 0 spiro atoms. The van der Waals surface area contributed by atoms with Crippen molar-refractivity contribution < 1.29 is 19.4 Å². The Bertz CT molecular complexity index is 746. The van der Waals surface area contributed by atoms with Crippen LogP contribution in [-0.2, 0) is 4.79 Å². The lowest BCUT2D eigenvalue weighted by Gasteiger charge is -2.30. The topological polar surface area (TPSA) is 78.9 Å². The lowest BCUT2D eigenvalue weighted by Crippen LogP contribution is -2.46. The number of rotatable bonds is 5. The Labute approximate surface area is 152 Å². The molecule has 2 amide bonds. The van der Waals surface area contributed by atoms with E-state index in [9.17, 15) is 14.7 Å². The molecule has 3 rings (SSSR count). The number of para-hydroxylation sites is 1. The third kappa shape index (κ3) is 4.83. The van der Waals surface area contributed by atoms with Gasteiger partial charge < -0.3 is 20.1 Å². The molecule has 0 saturated carbocycles. The number of carbonyl (C=O) groups is 2. The average molecular weight is 354 g/mol. The Morgan fingerprint density at radius 3 is 2.46 bits per heavy atom. The molecule has 0 bridgehead atoms. The van der Waals surface area contributed by atoms with E-state index in [4.69, 9.17) is 4.74 Å². The minimum atomic E-state index is -0.472. The predicted molar refractivity (Wildman–Crippen MR) is 97.1 cm³/mol. The van der Waals surface area contributed by atoms with Crippen LogP contribution in [0.1, 0.15) is 23.2 Å². The monoisotopic (exact) mass is 354 g/mol. The van der Waals surface area contributed by atoms with Gasteiger partial charge in [-0.05, 0) is 49.2 Å². The maximum atomic E-state index is 12.2. The summed E-state index contributed by atoms with van der Waals surface area (Å²) >= 11 is 0. The standard InChI is InChI=1S/C20H22N2O4/c23-16-5-4-12-22(14-16)19(24)13-21-20(25)15-8-10-18(11-9-15)26-17-6-2-1-3-7-17/h1-3,6-11,16,23H,4-5,12-14H2,(H,21,25)/t16-/m0/s1. The van der Waals surface area contributed by atoms with Crippen molar-refractivity contribution in [3.63, 3.8) is 0 Å². The van der Waals surface area contributed by atoms with E-state index in [2.05, 4.69) is 5.32 Å². The first kappa shape index (κ1) is 17.9. The first-order valence-corrected chi connectivity index (χ1v) is 8.69. The number of hydrogen-bond donors (Lipinski definition) is 2. The van der Waals surface area contributed by atoms with Gasteiger partial charge in [0.15, 0.2) is 0 Å². The number of likely N-dealkylation sites (tertiary alicyclic amines) is 1. The summed E-state index contributed by atoms with van der Waals surface area (Å²) in [5.74, 6) is 0.855. The van der Waals surface area contributed by atoms with E-state index in [0.717, 1.165) is 12.2 Å². The van der Waals surface area contributed by atoms with Gasteiger partial charge in [-0.25, -0.2) is 0 Å². The highest BCUT2D eigenvalue weighted by Gasteiger charge is 2.22. The predicted octanol–water partition coefficient (Wildman–Crippen LogP) is 2.19. The van der Waals surface area contributed by atoms with Gasteiger partial charge in [0.05, 0.1) is 12.6 Å². The SMILES string of the molecule is O=C(NCC(=O)N1CCC[C@H](O)C1)c1ccc(Oc2ccccc2)cc1. The van der Waals surface area contributed by atoms with Gasteiger partial charge in [0.25, 0.3) is 5.91 Å². The molecule has 2 N–H and O–H groups in total. The van der Waals surface area contributed by atoms with Crippen molar-refractivity contribution in [2.24, 2.45) is 0 Å². The number of carbonyl (C=O) groups excluding carboxylic acids is 2. The quantitative estimate of drug-likeness (QED) is 0.863. The third-order valence-electron chi connectivity index (χ3n) is 4.24. The summed E-state index contributed by atoms with van der Waals surface area (Å²) in [5, 5.41) is 12.2. The van der Waals surface area contributed by atoms with Crippen LogP contribution in [0.3, 0.4) is 0 Å². The smallest absolute Gasteiger partial charge is 0.251 e. The summed E-state index contributed by atoms with van der Waals surface area (Å²) in [6, 6.07) is 16.1. The van der Waals surface area contributed by atoms with Crippen LogP contribution in [0.4, 0.5) is 0 Å². The fourth-order valence-electron chi connectivity index (χ4n) is 2.85. The Balaban J connectivity index is 1.51. The summed E-state index contributed by atoms with van der Waals surface area (Å²) in [6.07, 6.45) is 1.03. The van der Waals surface area contributed by atoms with E-state index in [1.165, 1.54) is 0 Å². The van der Waals surface area contributed by atoms with Gasteiger partial charge in [-0.3, -0.25) is 9.59 Å². The first-order valence-electron chi connectivity index (χ1n) is 8.69. The van der Waals surface area contributed by atoms with E-state index in [1.807, 2.05) is 30.3 Å². The van der Waals surface area contributed by atoms with Crippen LogP contribution in [0, 0.1) is 0 Å². The van der Waals surface area contributed by atoms with Crippen molar-refractivity contribution in [3.8, 4) is 11.5 Å². The summed E-state index contributed by atoms with van der Waals surface area (Å²) in [5.41, 5.74) is 0.455. The van der Waals surface area contributed by atoms with Gasteiger partial charge in [0, 0.05) is 18.7 Å². The van der Waals surface area contributed by atoms with Crippen LogP contribution in [-0.4, -0.2) is 47.6 Å². The molecule has 0 unspecified atom stereocenters. The van der Waals surface area contributed by atoms with Crippen molar-refractivity contribution in [1.82, 2.24) is 10.2 Å². The van der Waals surface area contributed by atoms with E-state index < -0.39 is 6.10 Å². The molecular formula is C20H22N2O4. The van der Waals surface area contributed by atoms with Crippen LogP contribution in [0.15, 0.2) is 54.6 Å². The highest BCUT2D eigenvalue weighted by molar-refractivity contribution is 5.96. The number of β-amino-alcohol motifs (C(OH)–C–C–N with tert-alkyl or cyclic N) is 1. The second-order valence-electron chi connectivity index (χ2n) is 6.26. The van der Waals surface area contributed by atoms with Crippen LogP contribution in [0.5, 0.6) is 11.5 Å². The number of piperidine rings is 1. The molecule has 1 aliphatic rings. The van der Waals surface area contributed by atoms with E-state index in [-0.39, 0.29) is 18.4 Å². The molecule has 1 fully saturated rings. The highest BCUT2D eigenvalue weighted by Crippen LogP contribution is 2.21. The number of hydrogen-bond acceptors (Lipinski definition) is 4. The molecule has 136 valence electrons. The molecule has 6 nitrogen and oxygen atoms in total. The van der Waals surface area contributed by atoms with Crippen molar-refractivity contribution >= 4 is 11.8 Å². The van der Waals surface area contributed by atoms with Crippen LogP contribution >= 0.6 is 0 Å². The average Bonchev–Trinajstić information content (AvgIpc) is 2.67. The van der Waals surface area contributed by atoms with Crippen molar-refractivity contribution in [2.45, 2.75) is 18.9 Å². The van der Waals surface area contributed by atoms with E-state index in [1.54, 1.807) is 29.2 Å². The summed E-state index contributed by atoms with van der Waals surface area (Å²) in [7, 11) is 0. The molecule has 1 heterocycles. The van der Waals surface area contributed by atoms with Gasteiger partial charge in [0.2, 0.25) is 5.91 Å². The molecule has 0 aliphatic carbocycles. The number of aliphatic hydroxyl groups is 1. The normalized spacial score (nSPS) is 16.8. The number of amides is 2. The van der Waals surface area contributed by atoms with Crippen LogP contribution in [0.2, 0.25) is 0 Å². The zero-order chi connectivity index (χ0) is 18.4. The molecule has 6 heteroatoms. The third-order valence-corrected chi connectivity index (χ3v) is 4.24. The molecule has 1 saturated heterocycles. The van der Waals surface area contributed by atoms with E-state index in [0.29, 0.717) is 30.8 Å².